The van der Waals surface area contributed by atoms with E-state index in [0.29, 0.717) is 36.5 Å². The number of benzene rings is 1. The lowest BCUT2D eigenvalue weighted by Crippen LogP contribution is -2.38. The fraction of sp³-hybridized carbons (Fsp3) is 0.350. The highest BCUT2D eigenvalue weighted by molar-refractivity contribution is 7.18. The Morgan fingerprint density at radius 2 is 2.00 bits per heavy atom. The minimum absolute atomic E-state index is 0.135. The molecule has 0 unspecified atom stereocenters. The van der Waals surface area contributed by atoms with Crippen LogP contribution in [-0.2, 0) is 0 Å². The number of amides is 1. The van der Waals surface area contributed by atoms with Crippen LogP contribution in [0.4, 0.5) is 0 Å². The molecule has 1 saturated heterocycles. The van der Waals surface area contributed by atoms with E-state index in [4.69, 9.17) is 21.3 Å². The van der Waals surface area contributed by atoms with Gasteiger partial charge < -0.3 is 9.64 Å². The molecule has 140 valence electrons. The van der Waals surface area contributed by atoms with Gasteiger partial charge in [-0.05, 0) is 38.0 Å². The summed E-state index contributed by atoms with van der Waals surface area (Å²) in [6, 6.07) is 11.6. The number of halogens is 1. The van der Waals surface area contributed by atoms with Gasteiger partial charge in [0.1, 0.15) is 0 Å². The van der Waals surface area contributed by atoms with Gasteiger partial charge >= 0.3 is 0 Å². The SMILES string of the molecule is CCOc1ccc(Cl)c(C(=O)N2CCC(c3nc4ccccc4s3)CC2)n1. The maximum atomic E-state index is 12.9. The smallest absolute Gasteiger partial charge is 0.274 e. The first-order valence-electron chi connectivity index (χ1n) is 9.09. The third kappa shape index (κ3) is 3.77. The molecule has 3 heterocycles. The van der Waals surface area contributed by atoms with Gasteiger partial charge in [0.2, 0.25) is 5.88 Å². The number of rotatable bonds is 4. The van der Waals surface area contributed by atoms with Crippen molar-refractivity contribution in [3.05, 3.63) is 52.1 Å². The van der Waals surface area contributed by atoms with Gasteiger partial charge in [-0.25, -0.2) is 9.97 Å². The first-order chi connectivity index (χ1) is 13.2. The molecule has 1 aliphatic rings. The first-order valence-corrected chi connectivity index (χ1v) is 10.3. The Labute approximate surface area is 167 Å². The number of fused-ring (bicyclic) bond motifs is 1. The van der Waals surface area contributed by atoms with Crippen molar-refractivity contribution in [1.82, 2.24) is 14.9 Å². The van der Waals surface area contributed by atoms with Crippen LogP contribution < -0.4 is 4.74 Å². The van der Waals surface area contributed by atoms with Gasteiger partial charge in [0.15, 0.2) is 5.69 Å². The highest BCUT2D eigenvalue weighted by Crippen LogP contribution is 2.34. The second-order valence-corrected chi connectivity index (χ2v) is 7.97. The molecule has 2 aromatic heterocycles. The molecule has 0 spiro atoms. The Morgan fingerprint density at radius 3 is 2.74 bits per heavy atom. The number of likely N-dealkylation sites (tertiary alicyclic amines) is 1. The second kappa shape index (κ2) is 7.82. The number of piperidine rings is 1. The van der Waals surface area contributed by atoms with Crippen LogP contribution in [0.5, 0.6) is 5.88 Å². The van der Waals surface area contributed by atoms with E-state index in [1.807, 2.05) is 30.0 Å². The molecule has 4 rings (SSSR count). The molecule has 0 aliphatic carbocycles. The van der Waals surface area contributed by atoms with E-state index < -0.39 is 0 Å². The third-order valence-corrected chi connectivity index (χ3v) is 6.26. The summed E-state index contributed by atoms with van der Waals surface area (Å²) in [5.74, 6) is 0.684. The summed E-state index contributed by atoms with van der Waals surface area (Å²) >= 11 is 7.96. The lowest BCUT2D eigenvalue weighted by molar-refractivity contribution is 0.0706. The summed E-state index contributed by atoms with van der Waals surface area (Å²) in [4.78, 5) is 23.8. The van der Waals surface area contributed by atoms with Crippen LogP contribution in [0.2, 0.25) is 5.02 Å². The lowest BCUT2D eigenvalue weighted by Gasteiger charge is -2.31. The Morgan fingerprint density at radius 1 is 1.22 bits per heavy atom. The molecule has 0 atom stereocenters. The predicted molar refractivity (Wildman–Crippen MR) is 108 cm³/mol. The summed E-state index contributed by atoms with van der Waals surface area (Å²) in [5.41, 5.74) is 1.32. The molecular weight excluding hydrogens is 382 g/mol. The van der Waals surface area contributed by atoms with Crippen LogP contribution >= 0.6 is 22.9 Å². The molecule has 3 aromatic rings. The number of carbonyl (C=O) groups excluding carboxylic acids is 1. The number of carbonyl (C=O) groups is 1. The van der Waals surface area contributed by atoms with E-state index in [0.717, 1.165) is 23.4 Å². The zero-order valence-electron chi connectivity index (χ0n) is 15.0. The molecule has 1 fully saturated rings. The van der Waals surface area contributed by atoms with Crippen LogP contribution in [0.25, 0.3) is 10.2 Å². The quantitative estimate of drug-likeness (QED) is 0.632. The molecule has 1 aromatic carbocycles. The predicted octanol–water partition coefficient (Wildman–Crippen LogP) is 4.76. The van der Waals surface area contributed by atoms with Gasteiger partial charge in [0.25, 0.3) is 5.91 Å². The molecular formula is C20H20ClN3O2S. The van der Waals surface area contributed by atoms with Crippen molar-refractivity contribution in [2.24, 2.45) is 0 Å². The number of ether oxygens (including phenoxy) is 1. The fourth-order valence-electron chi connectivity index (χ4n) is 3.35. The Bertz CT molecular complexity index is 934. The zero-order valence-corrected chi connectivity index (χ0v) is 16.6. The topological polar surface area (TPSA) is 55.3 Å². The van der Waals surface area contributed by atoms with E-state index in [9.17, 15) is 4.79 Å². The summed E-state index contributed by atoms with van der Waals surface area (Å²) in [5, 5.41) is 1.52. The largest absolute Gasteiger partial charge is 0.478 e. The fourth-order valence-corrected chi connectivity index (χ4v) is 4.67. The van der Waals surface area contributed by atoms with Gasteiger partial charge in [0, 0.05) is 25.1 Å². The molecule has 0 radical (unpaired) electrons. The summed E-state index contributed by atoms with van der Waals surface area (Å²) in [6.07, 6.45) is 1.79. The maximum Gasteiger partial charge on any atom is 0.274 e. The van der Waals surface area contributed by atoms with Crippen molar-refractivity contribution >= 4 is 39.1 Å². The van der Waals surface area contributed by atoms with Crippen molar-refractivity contribution in [2.75, 3.05) is 19.7 Å². The van der Waals surface area contributed by atoms with Crippen LogP contribution in [0, 0.1) is 0 Å². The van der Waals surface area contributed by atoms with Gasteiger partial charge in [-0.2, -0.15) is 0 Å². The van der Waals surface area contributed by atoms with E-state index in [-0.39, 0.29) is 11.6 Å². The van der Waals surface area contributed by atoms with Crippen molar-refractivity contribution in [3.8, 4) is 5.88 Å². The summed E-state index contributed by atoms with van der Waals surface area (Å²) < 4.78 is 6.61. The van der Waals surface area contributed by atoms with Crippen molar-refractivity contribution < 1.29 is 9.53 Å². The number of aromatic nitrogens is 2. The highest BCUT2D eigenvalue weighted by Gasteiger charge is 2.28. The normalized spacial score (nSPS) is 15.3. The standard InChI is InChI=1S/C20H20ClN3O2S/c1-2-26-17-8-7-14(21)18(23-17)20(25)24-11-9-13(10-12-24)19-22-15-5-3-4-6-16(15)27-19/h3-8,13H,2,9-12H2,1H3. The van der Waals surface area contributed by atoms with Gasteiger partial charge in [0.05, 0.1) is 26.9 Å². The molecule has 0 bridgehead atoms. The van der Waals surface area contributed by atoms with Crippen LogP contribution in [0.15, 0.2) is 36.4 Å². The second-order valence-electron chi connectivity index (χ2n) is 6.50. The van der Waals surface area contributed by atoms with E-state index >= 15 is 0 Å². The lowest BCUT2D eigenvalue weighted by atomic mass is 9.97. The Balaban J connectivity index is 1.45. The Hall–Kier alpha value is -2.18. The number of hydrogen-bond donors (Lipinski definition) is 0. The number of pyridine rings is 1. The van der Waals surface area contributed by atoms with Crippen LogP contribution in [-0.4, -0.2) is 40.5 Å². The molecule has 7 heteroatoms. The van der Waals surface area contributed by atoms with Gasteiger partial charge in [-0.3, -0.25) is 4.79 Å². The molecule has 27 heavy (non-hydrogen) atoms. The third-order valence-electron chi connectivity index (χ3n) is 4.76. The summed E-state index contributed by atoms with van der Waals surface area (Å²) in [7, 11) is 0. The average Bonchev–Trinajstić information content (AvgIpc) is 3.13. The van der Waals surface area contributed by atoms with E-state index in [1.54, 1.807) is 23.5 Å². The Kier molecular flexibility index (Phi) is 5.27. The number of para-hydroxylation sites is 1. The van der Waals surface area contributed by atoms with E-state index in [1.165, 1.54) is 4.70 Å². The molecule has 0 N–H and O–H groups in total. The number of thiazole rings is 1. The molecule has 1 amide bonds. The molecule has 1 aliphatic heterocycles. The highest BCUT2D eigenvalue weighted by atomic mass is 35.5. The van der Waals surface area contributed by atoms with Crippen molar-refractivity contribution in [1.29, 1.82) is 0 Å². The molecule has 0 saturated carbocycles. The minimum atomic E-state index is -0.135. The first kappa shape index (κ1) is 18.2. The van der Waals surface area contributed by atoms with Crippen LogP contribution in [0.1, 0.15) is 41.2 Å². The summed E-state index contributed by atoms with van der Waals surface area (Å²) in [6.45, 7) is 3.73. The van der Waals surface area contributed by atoms with E-state index in [2.05, 4.69) is 11.1 Å². The van der Waals surface area contributed by atoms with Gasteiger partial charge in [-0.1, -0.05) is 23.7 Å². The minimum Gasteiger partial charge on any atom is -0.478 e. The van der Waals surface area contributed by atoms with Crippen LogP contribution in [0.3, 0.4) is 0 Å². The monoisotopic (exact) mass is 401 g/mol. The van der Waals surface area contributed by atoms with Gasteiger partial charge in [-0.15, -0.1) is 11.3 Å². The average molecular weight is 402 g/mol. The molecule has 5 nitrogen and oxygen atoms in total. The number of hydrogen-bond acceptors (Lipinski definition) is 5. The zero-order chi connectivity index (χ0) is 18.8. The maximum absolute atomic E-state index is 12.9. The van der Waals surface area contributed by atoms with Crippen molar-refractivity contribution in [3.63, 3.8) is 0 Å². The number of nitrogens with zero attached hydrogens (tertiary/aromatic N) is 3. The van der Waals surface area contributed by atoms with Crippen molar-refractivity contribution in [2.45, 2.75) is 25.7 Å².